The van der Waals surface area contributed by atoms with Gasteiger partial charge in [0.15, 0.2) is 0 Å². The highest BCUT2D eigenvalue weighted by Crippen LogP contribution is 2.16. The maximum Gasteiger partial charge on any atom is 0.128 e. The molecule has 2 aromatic rings. The van der Waals surface area contributed by atoms with Crippen molar-refractivity contribution < 1.29 is 9.13 Å². The van der Waals surface area contributed by atoms with Crippen molar-refractivity contribution in [1.82, 2.24) is 9.78 Å². The molecule has 0 aliphatic rings. The molecule has 0 amide bonds. The monoisotopic (exact) mass is 252 g/mol. The highest BCUT2D eigenvalue weighted by Gasteiger charge is 2.06. The summed E-state index contributed by atoms with van der Waals surface area (Å²) in [6, 6.07) is 6.43. The van der Waals surface area contributed by atoms with Crippen LogP contribution in [0.5, 0.6) is 0 Å². The zero-order chi connectivity index (χ0) is 12.4. The Bertz CT molecular complexity index is 588. The number of halogens is 1. The lowest BCUT2D eigenvalue weighted by Gasteiger charge is -2.07. The van der Waals surface area contributed by atoms with Crippen LogP contribution < -0.4 is 0 Å². The van der Waals surface area contributed by atoms with Gasteiger partial charge in [-0.2, -0.15) is 0 Å². The third-order valence-corrected chi connectivity index (χ3v) is 2.77. The zero-order valence-corrected chi connectivity index (χ0v) is 10.5. The Morgan fingerprint density at radius 2 is 2.18 bits per heavy atom. The van der Waals surface area contributed by atoms with Gasteiger partial charge in [-0.15, -0.1) is 0 Å². The summed E-state index contributed by atoms with van der Waals surface area (Å²) >= 11 is 5.24. The number of aromatic amines is 1. The fourth-order valence-corrected chi connectivity index (χ4v) is 2.01. The number of hydrogen-bond donors (Lipinski definition) is 1. The van der Waals surface area contributed by atoms with Crippen molar-refractivity contribution in [1.29, 1.82) is 0 Å². The van der Waals surface area contributed by atoms with E-state index in [2.05, 4.69) is 5.10 Å². The van der Waals surface area contributed by atoms with Gasteiger partial charge in [0.2, 0.25) is 0 Å². The number of H-pyrrole nitrogens is 1. The predicted molar refractivity (Wildman–Crippen MR) is 66.4 cm³/mol. The first-order chi connectivity index (χ1) is 8.11. The van der Waals surface area contributed by atoms with E-state index in [1.54, 1.807) is 17.9 Å². The van der Waals surface area contributed by atoms with Crippen LogP contribution in [0.1, 0.15) is 11.3 Å². The van der Waals surface area contributed by atoms with Crippen molar-refractivity contribution in [3.63, 3.8) is 0 Å². The Labute approximate surface area is 104 Å². The molecule has 2 rings (SSSR count). The SMILES string of the molecule is COCc1cc(=S)n(-c2ccc(F)cc2C)[nH]1. The minimum Gasteiger partial charge on any atom is -0.378 e. The minimum absolute atomic E-state index is 0.249. The van der Waals surface area contributed by atoms with Crippen LogP contribution in [0.4, 0.5) is 4.39 Å². The predicted octanol–water partition coefficient (Wildman–Crippen LogP) is 3.13. The second-order valence-corrected chi connectivity index (χ2v) is 4.24. The number of nitrogens with zero attached hydrogens (tertiary/aromatic N) is 1. The van der Waals surface area contributed by atoms with E-state index in [1.807, 2.05) is 13.0 Å². The molecule has 0 spiro atoms. The fraction of sp³-hybridized carbons (Fsp3) is 0.250. The highest BCUT2D eigenvalue weighted by atomic mass is 32.1. The number of aryl methyl sites for hydroxylation is 1. The molecule has 0 saturated heterocycles. The summed E-state index contributed by atoms with van der Waals surface area (Å²) in [5.74, 6) is -0.249. The lowest BCUT2D eigenvalue weighted by Crippen LogP contribution is -2.00. The molecular formula is C12H13FN2OS. The summed E-state index contributed by atoms with van der Waals surface area (Å²) < 4.78 is 20.4. The van der Waals surface area contributed by atoms with E-state index >= 15 is 0 Å². The van der Waals surface area contributed by atoms with Crippen molar-refractivity contribution >= 4 is 12.2 Å². The van der Waals surface area contributed by atoms with Gasteiger partial charge in [-0.25, -0.2) is 9.07 Å². The quantitative estimate of drug-likeness (QED) is 0.851. The van der Waals surface area contributed by atoms with Gasteiger partial charge in [0.25, 0.3) is 0 Å². The summed E-state index contributed by atoms with van der Waals surface area (Å²) in [5, 5.41) is 3.12. The van der Waals surface area contributed by atoms with Crippen LogP contribution in [0.2, 0.25) is 0 Å². The van der Waals surface area contributed by atoms with E-state index in [4.69, 9.17) is 17.0 Å². The van der Waals surface area contributed by atoms with E-state index in [0.717, 1.165) is 16.9 Å². The Balaban J connectivity index is 2.49. The van der Waals surface area contributed by atoms with Crippen LogP contribution in [0.15, 0.2) is 24.3 Å². The molecule has 1 heterocycles. The number of rotatable bonds is 3. The standard InChI is InChI=1S/C12H13FN2OS/c1-8-5-9(13)3-4-11(8)15-12(17)6-10(14-15)7-16-2/h3-6,14H,7H2,1-2H3. The molecule has 5 heteroatoms. The van der Waals surface area contributed by atoms with Crippen LogP contribution in [0.3, 0.4) is 0 Å². The Hall–Kier alpha value is -1.46. The summed E-state index contributed by atoms with van der Waals surface area (Å²) in [7, 11) is 1.62. The molecule has 1 aromatic carbocycles. The topological polar surface area (TPSA) is 29.9 Å². The number of hydrogen-bond acceptors (Lipinski definition) is 2. The van der Waals surface area contributed by atoms with Gasteiger partial charge >= 0.3 is 0 Å². The van der Waals surface area contributed by atoms with Crippen LogP contribution in [-0.4, -0.2) is 16.9 Å². The van der Waals surface area contributed by atoms with Gasteiger partial charge < -0.3 is 4.74 Å². The smallest absolute Gasteiger partial charge is 0.128 e. The van der Waals surface area contributed by atoms with E-state index < -0.39 is 0 Å². The van der Waals surface area contributed by atoms with Crippen molar-refractivity contribution in [3.05, 3.63) is 46.0 Å². The number of aromatic nitrogens is 2. The Morgan fingerprint density at radius 1 is 1.41 bits per heavy atom. The first-order valence-electron chi connectivity index (χ1n) is 5.18. The van der Waals surface area contributed by atoms with Crippen molar-refractivity contribution in [3.8, 4) is 5.69 Å². The molecule has 0 radical (unpaired) electrons. The van der Waals surface area contributed by atoms with Gasteiger partial charge in [0.05, 0.1) is 18.0 Å². The molecule has 0 fully saturated rings. The maximum atomic E-state index is 13.0. The molecule has 0 atom stereocenters. The van der Waals surface area contributed by atoms with Crippen LogP contribution in [-0.2, 0) is 11.3 Å². The number of benzene rings is 1. The van der Waals surface area contributed by atoms with Crippen LogP contribution in [0.25, 0.3) is 5.69 Å². The number of ether oxygens (including phenoxy) is 1. The average Bonchev–Trinajstić information content (AvgIpc) is 2.60. The largest absolute Gasteiger partial charge is 0.378 e. The molecule has 0 aliphatic carbocycles. The summed E-state index contributed by atoms with van der Waals surface area (Å²) in [5.41, 5.74) is 2.56. The molecule has 1 aromatic heterocycles. The number of nitrogens with one attached hydrogen (secondary N) is 1. The molecule has 0 saturated carbocycles. The van der Waals surface area contributed by atoms with E-state index in [-0.39, 0.29) is 5.82 Å². The molecular weight excluding hydrogens is 239 g/mol. The molecule has 90 valence electrons. The number of methoxy groups -OCH3 is 1. The lowest BCUT2D eigenvalue weighted by molar-refractivity contribution is 0.181. The van der Waals surface area contributed by atoms with Gasteiger partial charge in [-0.05, 0) is 36.8 Å². The van der Waals surface area contributed by atoms with Crippen molar-refractivity contribution in [2.45, 2.75) is 13.5 Å². The third kappa shape index (κ3) is 2.45. The fourth-order valence-electron chi connectivity index (χ4n) is 1.72. The molecule has 17 heavy (non-hydrogen) atoms. The van der Waals surface area contributed by atoms with Crippen molar-refractivity contribution in [2.24, 2.45) is 0 Å². The first-order valence-corrected chi connectivity index (χ1v) is 5.59. The molecule has 3 nitrogen and oxygen atoms in total. The first kappa shape index (κ1) is 12.0. The Kier molecular flexibility index (Phi) is 3.40. The summed E-state index contributed by atoms with van der Waals surface area (Å²) in [6.45, 7) is 2.31. The van der Waals surface area contributed by atoms with Gasteiger partial charge in [-0.1, -0.05) is 12.2 Å². The molecule has 1 N–H and O–H groups in total. The molecule has 0 bridgehead atoms. The molecule has 0 unspecified atom stereocenters. The molecule has 0 aliphatic heterocycles. The maximum absolute atomic E-state index is 13.0. The normalized spacial score (nSPS) is 10.8. The third-order valence-electron chi connectivity index (χ3n) is 2.47. The Morgan fingerprint density at radius 3 is 2.82 bits per heavy atom. The summed E-state index contributed by atoms with van der Waals surface area (Å²) in [4.78, 5) is 0. The average molecular weight is 252 g/mol. The van der Waals surface area contributed by atoms with E-state index in [9.17, 15) is 4.39 Å². The summed E-state index contributed by atoms with van der Waals surface area (Å²) in [6.07, 6.45) is 0. The van der Waals surface area contributed by atoms with E-state index in [0.29, 0.717) is 11.2 Å². The minimum atomic E-state index is -0.249. The van der Waals surface area contributed by atoms with Gasteiger partial charge in [0, 0.05) is 7.11 Å². The lowest BCUT2D eigenvalue weighted by atomic mass is 10.2. The van der Waals surface area contributed by atoms with Gasteiger partial charge in [-0.3, -0.25) is 5.10 Å². The zero-order valence-electron chi connectivity index (χ0n) is 9.66. The highest BCUT2D eigenvalue weighted by molar-refractivity contribution is 7.71. The van der Waals surface area contributed by atoms with Crippen molar-refractivity contribution in [2.75, 3.05) is 7.11 Å². The second kappa shape index (κ2) is 4.81. The van der Waals surface area contributed by atoms with E-state index in [1.165, 1.54) is 12.1 Å². The van der Waals surface area contributed by atoms with Gasteiger partial charge in [0.1, 0.15) is 10.5 Å². The van der Waals surface area contributed by atoms with Crippen LogP contribution in [0, 0.1) is 17.4 Å². The second-order valence-electron chi connectivity index (χ2n) is 3.82. The van der Waals surface area contributed by atoms with Crippen LogP contribution >= 0.6 is 12.2 Å².